The van der Waals surface area contributed by atoms with Crippen LogP contribution in [0.5, 0.6) is 0 Å². The molecule has 5 nitrogen and oxygen atoms in total. The number of carbonyl (C=O) groups is 2. The van der Waals surface area contributed by atoms with Crippen molar-refractivity contribution in [3.05, 3.63) is 70.0 Å². The van der Waals surface area contributed by atoms with Gasteiger partial charge in [-0.25, -0.2) is 9.18 Å². The second-order valence-electron chi connectivity index (χ2n) is 6.49. The van der Waals surface area contributed by atoms with Crippen molar-refractivity contribution in [3.63, 3.8) is 0 Å². The molecule has 0 fully saturated rings. The third-order valence-electron chi connectivity index (χ3n) is 4.63. The smallest absolute Gasteiger partial charge is 0.414 e. The van der Waals surface area contributed by atoms with E-state index in [4.69, 9.17) is 16.3 Å². The number of nitrogens with zero attached hydrogens (tertiary/aromatic N) is 1. The molecule has 1 atom stereocenters. The number of amides is 2. The van der Waals surface area contributed by atoms with Crippen molar-refractivity contribution in [2.75, 3.05) is 18.6 Å². The minimum Gasteiger partial charge on any atom is -0.452 e. The van der Waals surface area contributed by atoms with Crippen molar-refractivity contribution in [1.29, 1.82) is 0 Å². The second-order valence-corrected chi connectivity index (χ2v) is 6.93. The van der Waals surface area contributed by atoms with Crippen molar-refractivity contribution in [3.8, 4) is 0 Å². The maximum atomic E-state index is 13.8. The molecule has 2 aromatic rings. The van der Waals surface area contributed by atoms with Crippen LogP contribution in [0.2, 0.25) is 5.02 Å². The van der Waals surface area contributed by atoms with E-state index in [0.717, 1.165) is 23.2 Å². The minimum atomic E-state index is -0.488. The van der Waals surface area contributed by atoms with Crippen LogP contribution in [0, 0.1) is 5.82 Å². The Morgan fingerprint density at radius 1 is 1.29 bits per heavy atom. The molecule has 0 bridgehead atoms. The van der Waals surface area contributed by atoms with Gasteiger partial charge in [0.1, 0.15) is 5.82 Å². The van der Waals surface area contributed by atoms with Gasteiger partial charge in [-0.05, 0) is 48.7 Å². The lowest BCUT2D eigenvalue weighted by molar-refractivity contribution is -0.117. The van der Waals surface area contributed by atoms with Crippen LogP contribution >= 0.6 is 11.6 Å². The number of fused-ring (bicyclic) bond motifs is 1. The van der Waals surface area contributed by atoms with Crippen LogP contribution in [-0.2, 0) is 16.0 Å². The molecule has 0 aromatic heterocycles. The molecule has 1 unspecified atom stereocenters. The fourth-order valence-electron chi connectivity index (χ4n) is 3.14. The number of hydrogen-bond donors (Lipinski definition) is 1. The van der Waals surface area contributed by atoms with Crippen LogP contribution in [0.15, 0.2) is 42.5 Å². The number of hydrogen-bond acceptors (Lipinski definition) is 3. The summed E-state index contributed by atoms with van der Waals surface area (Å²) >= 11 is 5.72. The molecule has 1 N–H and O–H groups in total. The summed E-state index contributed by atoms with van der Waals surface area (Å²) in [4.78, 5) is 25.5. The highest BCUT2D eigenvalue weighted by atomic mass is 35.5. The molecule has 1 aliphatic heterocycles. The normalized spacial score (nSPS) is 14.1. The summed E-state index contributed by atoms with van der Waals surface area (Å²) in [5.41, 5.74) is 3.06. The first kappa shape index (κ1) is 19.9. The van der Waals surface area contributed by atoms with E-state index in [1.165, 1.54) is 31.4 Å². The van der Waals surface area contributed by atoms with Gasteiger partial charge in [0.05, 0.1) is 18.8 Å². The quantitative estimate of drug-likeness (QED) is 0.766. The topological polar surface area (TPSA) is 58.6 Å². The molecule has 0 radical (unpaired) electrons. The standard InChI is InChI=1S/C21H20ClFN2O3/c1-13(24-20(26)8-5-14-3-6-17(22)12-18(14)23)15-4-7-19-16(11-15)9-10-25(19)21(27)28-2/h3-8,11-13H,9-10H2,1-2H3,(H,24,26)/b8-5+. The summed E-state index contributed by atoms with van der Waals surface area (Å²) in [5.74, 6) is -0.822. The molecular formula is C21H20ClFN2O3. The zero-order valence-electron chi connectivity index (χ0n) is 15.5. The third kappa shape index (κ3) is 4.34. The number of carbonyl (C=O) groups excluding carboxylic acids is 2. The van der Waals surface area contributed by atoms with Crippen LogP contribution < -0.4 is 10.2 Å². The molecular weight excluding hydrogens is 383 g/mol. The van der Waals surface area contributed by atoms with Gasteiger partial charge in [-0.3, -0.25) is 9.69 Å². The van der Waals surface area contributed by atoms with Crippen molar-refractivity contribution in [2.45, 2.75) is 19.4 Å². The number of methoxy groups -OCH3 is 1. The first-order valence-electron chi connectivity index (χ1n) is 8.81. The number of anilines is 1. The largest absolute Gasteiger partial charge is 0.452 e. The van der Waals surface area contributed by atoms with Gasteiger partial charge in [0.25, 0.3) is 0 Å². The maximum absolute atomic E-state index is 13.8. The Morgan fingerprint density at radius 2 is 2.07 bits per heavy atom. The van der Waals surface area contributed by atoms with Gasteiger partial charge < -0.3 is 10.1 Å². The lowest BCUT2D eigenvalue weighted by atomic mass is 10.0. The van der Waals surface area contributed by atoms with E-state index in [0.29, 0.717) is 11.6 Å². The Hall–Kier alpha value is -2.86. The van der Waals surface area contributed by atoms with E-state index < -0.39 is 5.82 Å². The van der Waals surface area contributed by atoms with Gasteiger partial charge in [0.15, 0.2) is 0 Å². The number of ether oxygens (including phenoxy) is 1. The fraction of sp³-hybridized carbons (Fsp3) is 0.238. The lowest BCUT2D eigenvalue weighted by Gasteiger charge is -2.17. The van der Waals surface area contributed by atoms with E-state index in [2.05, 4.69) is 5.32 Å². The van der Waals surface area contributed by atoms with Gasteiger partial charge in [-0.1, -0.05) is 29.8 Å². The highest BCUT2D eigenvalue weighted by Gasteiger charge is 2.25. The van der Waals surface area contributed by atoms with Crippen LogP contribution in [0.1, 0.15) is 29.7 Å². The van der Waals surface area contributed by atoms with Crippen LogP contribution in [0.4, 0.5) is 14.9 Å². The summed E-state index contributed by atoms with van der Waals surface area (Å²) < 4.78 is 18.6. The van der Waals surface area contributed by atoms with Gasteiger partial charge in [-0.15, -0.1) is 0 Å². The monoisotopic (exact) mass is 402 g/mol. The average molecular weight is 403 g/mol. The highest BCUT2D eigenvalue weighted by molar-refractivity contribution is 6.30. The Bertz CT molecular complexity index is 945. The van der Waals surface area contributed by atoms with Crippen molar-refractivity contribution in [1.82, 2.24) is 5.32 Å². The Morgan fingerprint density at radius 3 is 2.79 bits per heavy atom. The Kier molecular flexibility index (Phi) is 5.99. The Labute approximate surface area is 167 Å². The first-order valence-corrected chi connectivity index (χ1v) is 9.18. The predicted octanol–water partition coefficient (Wildman–Crippen LogP) is 4.50. The van der Waals surface area contributed by atoms with Crippen LogP contribution in [0.3, 0.4) is 0 Å². The minimum absolute atomic E-state index is 0.246. The number of halogens is 2. The number of nitrogens with one attached hydrogen (secondary N) is 1. The molecule has 0 saturated heterocycles. The fourth-order valence-corrected chi connectivity index (χ4v) is 3.30. The molecule has 1 aliphatic rings. The maximum Gasteiger partial charge on any atom is 0.414 e. The molecule has 0 saturated carbocycles. The van der Waals surface area contributed by atoms with E-state index in [9.17, 15) is 14.0 Å². The summed E-state index contributed by atoms with van der Waals surface area (Å²) in [6, 6.07) is 9.73. The van der Waals surface area contributed by atoms with Crippen molar-refractivity contribution in [2.24, 2.45) is 0 Å². The number of benzene rings is 2. The zero-order valence-corrected chi connectivity index (χ0v) is 16.3. The van der Waals surface area contributed by atoms with E-state index in [1.807, 2.05) is 25.1 Å². The highest BCUT2D eigenvalue weighted by Crippen LogP contribution is 2.31. The van der Waals surface area contributed by atoms with E-state index in [1.54, 1.807) is 11.0 Å². The van der Waals surface area contributed by atoms with Gasteiger partial charge in [0.2, 0.25) is 5.91 Å². The van der Waals surface area contributed by atoms with Crippen LogP contribution in [-0.4, -0.2) is 25.7 Å². The van der Waals surface area contributed by atoms with E-state index in [-0.39, 0.29) is 23.6 Å². The molecule has 1 heterocycles. The third-order valence-corrected chi connectivity index (χ3v) is 4.86. The van der Waals surface area contributed by atoms with Gasteiger partial charge in [-0.2, -0.15) is 0 Å². The summed E-state index contributed by atoms with van der Waals surface area (Å²) in [6.45, 7) is 2.44. The van der Waals surface area contributed by atoms with E-state index >= 15 is 0 Å². The molecule has 2 amide bonds. The van der Waals surface area contributed by atoms with Crippen molar-refractivity contribution >= 4 is 35.4 Å². The predicted molar refractivity (Wildman–Crippen MR) is 107 cm³/mol. The molecule has 0 spiro atoms. The molecule has 3 rings (SSSR count). The average Bonchev–Trinajstić information content (AvgIpc) is 3.09. The Balaban J connectivity index is 1.66. The molecule has 7 heteroatoms. The van der Waals surface area contributed by atoms with Crippen molar-refractivity contribution < 1.29 is 18.7 Å². The zero-order chi connectivity index (χ0) is 20.3. The summed E-state index contributed by atoms with van der Waals surface area (Å²) in [5, 5.41) is 3.16. The first-order chi connectivity index (χ1) is 13.4. The summed E-state index contributed by atoms with van der Waals surface area (Å²) in [6.07, 6.45) is 3.04. The lowest BCUT2D eigenvalue weighted by Crippen LogP contribution is -2.28. The van der Waals surface area contributed by atoms with Crippen LogP contribution in [0.25, 0.3) is 6.08 Å². The molecule has 2 aromatic carbocycles. The molecule has 28 heavy (non-hydrogen) atoms. The second kappa shape index (κ2) is 8.44. The summed E-state index contributed by atoms with van der Waals surface area (Å²) in [7, 11) is 1.36. The number of rotatable bonds is 4. The SMILES string of the molecule is COC(=O)N1CCc2cc(C(C)NC(=O)/C=C/c3ccc(Cl)cc3F)ccc21. The van der Waals surface area contributed by atoms with Gasteiger partial charge >= 0.3 is 6.09 Å². The molecule has 146 valence electrons. The molecule has 0 aliphatic carbocycles. The van der Waals surface area contributed by atoms with Gasteiger partial charge in [0, 0.05) is 23.2 Å².